The van der Waals surface area contributed by atoms with Gasteiger partial charge in [-0.2, -0.15) is 0 Å². The SMILES string of the molecule is O=S(=O)([O-])CCSc1nnc(SCCS(=O)(=O)[O-])s1.[Na+].[Na+]. The first kappa shape index (κ1) is 25.3. The molecule has 0 atom stereocenters. The normalized spacial score (nSPS) is 11.5. The Morgan fingerprint density at radius 3 is 1.48 bits per heavy atom. The maximum Gasteiger partial charge on any atom is 1.00 e. The topological polar surface area (TPSA) is 140 Å². The molecule has 0 aliphatic rings. The first-order chi connectivity index (χ1) is 8.66. The molecule has 0 fully saturated rings. The van der Waals surface area contributed by atoms with Gasteiger partial charge in [0, 0.05) is 23.0 Å². The van der Waals surface area contributed by atoms with Crippen molar-refractivity contribution < 1.29 is 85.1 Å². The smallest absolute Gasteiger partial charge is 0.748 e. The third-order valence-corrected chi connectivity index (χ3v) is 6.62. The van der Waals surface area contributed by atoms with Gasteiger partial charge < -0.3 is 9.11 Å². The second-order valence-electron chi connectivity index (χ2n) is 3.05. The van der Waals surface area contributed by atoms with Crippen LogP contribution in [0.25, 0.3) is 0 Å². The molecule has 1 heterocycles. The van der Waals surface area contributed by atoms with Gasteiger partial charge in [-0.1, -0.05) is 34.9 Å². The van der Waals surface area contributed by atoms with Crippen molar-refractivity contribution in [3.8, 4) is 0 Å². The number of aromatic nitrogens is 2. The molecule has 21 heavy (non-hydrogen) atoms. The van der Waals surface area contributed by atoms with Gasteiger partial charge in [-0.25, -0.2) is 16.8 Å². The van der Waals surface area contributed by atoms with Gasteiger partial charge >= 0.3 is 59.1 Å². The van der Waals surface area contributed by atoms with Crippen molar-refractivity contribution in [3.05, 3.63) is 0 Å². The van der Waals surface area contributed by atoms with Crippen LogP contribution in [0.4, 0.5) is 0 Å². The molecule has 1 aromatic heterocycles. The van der Waals surface area contributed by atoms with Gasteiger partial charge in [0.15, 0.2) is 8.68 Å². The standard InChI is InChI=1S/C6H10N2O6S5.2Na/c9-18(10,11)3-1-15-5-7-8-6(17-5)16-2-4-19(12,13)14;;/h1-4H2,(H,9,10,11)(H,12,13,14);;/q;2*+1/p-2. The first-order valence-electron chi connectivity index (χ1n) is 4.62. The van der Waals surface area contributed by atoms with E-state index < -0.39 is 31.7 Å². The molecule has 110 valence electrons. The summed E-state index contributed by atoms with van der Waals surface area (Å²) in [7, 11) is -8.48. The summed E-state index contributed by atoms with van der Waals surface area (Å²) in [5.74, 6) is -0.817. The molecule has 0 aromatic carbocycles. The minimum absolute atomic E-state index is 0. The van der Waals surface area contributed by atoms with Gasteiger partial charge in [-0.3, -0.25) is 0 Å². The molecule has 1 aromatic rings. The number of hydrogen-bond acceptors (Lipinski definition) is 11. The van der Waals surface area contributed by atoms with Crippen molar-refractivity contribution in [2.45, 2.75) is 8.68 Å². The quantitative estimate of drug-likeness (QED) is 0.231. The third-order valence-electron chi connectivity index (χ3n) is 1.51. The van der Waals surface area contributed by atoms with E-state index in [9.17, 15) is 25.9 Å². The Balaban J connectivity index is 0. The van der Waals surface area contributed by atoms with E-state index in [1.54, 1.807) is 0 Å². The summed E-state index contributed by atoms with van der Waals surface area (Å²) in [5.41, 5.74) is 0. The summed E-state index contributed by atoms with van der Waals surface area (Å²) in [6.45, 7) is 0. The molecule has 0 aliphatic heterocycles. The third kappa shape index (κ3) is 14.2. The maximum absolute atomic E-state index is 10.4. The molecule has 8 nitrogen and oxygen atoms in total. The number of nitrogens with zero attached hydrogens (tertiary/aromatic N) is 2. The van der Waals surface area contributed by atoms with Crippen LogP contribution >= 0.6 is 34.9 Å². The van der Waals surface area contributed by atoms with Crippen molar-refractivity contribution in [3.63, 3.8) is 0 Å². The summed E-state index contributed by atoms with van der Waals surface area (Å²) >= 11 is 3.30. The number of rotatable bonds is 8. The van der Waals surface area contributed by atoms with E-state index >= 15 is 0 Å². The Labute approximate surface area is 179 Å². The van der Waals surface area contributed by atoms with E-state index in [0.29, 0.717) is 8.68 Å². The largest absolute Gasteiger partial charge is 1.00 e. The Hall–Kier alpha value is 2.08. The zero-order chi connectivity index (χ0) is 14.5. The minimum atomic E-state index is -4.24. The molecule has 0 radical (unpaired) electrons. The summed E-state index contributed by atoms with van der Waals surface area (Å²) in [4.78, 5) is 0. The fraction of sp³-hybridized carbons (Fsp3) is 0.667. The van der Waals surface area contributed by atoms with Crippen LogP contribution in [0.1, 0.15) is 0 Å². The molecule has 0 spiro atoms. The molecule has 0 unspecified atom stereocenters. The molecule has 1 rings (SSSR count). The zero-order valence-electron chi connectivity index (χ0n) is 11.2. The fourth-order valence-electron chi connectivity index (χ4n) is 0.776. The van der Waals surface area contributed by atoms with E-state index in [1.807, 2.05) is 0 Å². The molecule has 0 aliphatic carbocycles. The zero-order valence-corrected chi connectivity index (χ0v) is 19.3. The first-order valence-corrected chi connectivity index (χ1v) is 10.6. The summed E-state index contributed by atoms with van der Waals surface area (Å²) in [5, 5.41) is 7.47. The molecular weight excluding hydrogens is 402 g/mol. The van der Waals surface area contributed by atoms with Gasteiger partial charge in [0.25, 0.3) is 0 Å². The average Bonchev–Trinajstić information content (AvgIpc) is 2.62. The van der Waals surface area contributed by atoms with Gasteiger partial charge in [-0.05, 0) is 0 Å². The average molecular weight is 410 g/mol. The van der Waals surface area contributed by atoms with Crippen LogP contribution in [0, 0.1) is 0 Å². The molecule has 0 saturated heterocycles. The number of thioether (sulfide) groups is 2. The minimum Gasteiger partial charge on any atom is -0.748 e. The van der Waals surface area contributed by atoms with Crippen molar-refractivity contribution in [2.75, 3.05) is 23.0 Å². The Morgan fingerprint density at radius 2 is 1.19 bits per heavy atom. The molecule has 0 saturated carbocycles. The van der Waals surface area contributed by atoms with Crippen LogP contribution in [-0.2, 0) is 20.2 Å². The predicted octanol–water partition coefficient (Wildman–Crippen LogP) is -6.18. The van der Waals surface area contributed by atoms with E-state index in [0.717, 1.165) is 34.9 Å². The van der Waals surface area contributed by atoms with Crippen molar-refractivity contribution in [1.29, 1.82) is 0 Å². The van der Waals surface area contributed by atoms with Crippen LogP contribution in [0.2, 0.25) is 0 Å². The summed E-state index contributed by atoms with van der Waals surface area (Å²) in [6.07, 6.45) is 0. The fourth-order valence-corrected chi connectivity index (χ4v) is 5.54. The molecular formula is C6H8N2Na2O6S5. The van der Waals surface area contributed by atoms with Gasteiger partial charge in [-0.15, -0.1) is 10.2 Å². The van der Waals surface area contributed by atoms with Crippen molar-refractivity contribution >= 4 is 55.1 Å². The number of hydrogen-bond donors (Lipinski definition) is 0. The summed E-state index contributed by atoms with van der Waals surface area (Å²) < 4.78 is 63.2. The van der Waals surface area contributed by atoms with Crippen LogP contribution in [-0.4, -0.2) is 59.1 Å². The van der Waals surface area contributed by atoms with E-state index in [4.69, 9.17) is 0 Å². The molecule has 0 N–H and O–H groups in total. The van der Waals surface area contributed by atoms with Crippen LogP contribution in [0.5, 0.6) is 0 Å². The molecule has 0 amide bonds. The Morgan fingerprint density at radius 1 is 0.857 bits per heavy atom. The van der Waals surface area contributed by atoms with E-state index in [2.05, 4.69) is 10.2 Å². The van der Waals surface area contributed by atoms with E-state index in [1.165, 1.54) is 0 Å². The van der Waals surface area contributed by atoms with Gasteiger partial charge in [0.05, 0.1) is 20.2 Å². The van der Waals surface area contributed by atoms with Crippen molar-refractivity contribution in [2.24, 2.45) is 0 Å². The van der Waals surface area contributed by atoms with Crippen LogP contribution < -0.4 is 59.1 Å². The molecule has 15 heteroatoms. The Bertz CT molecular complexity index is 565. The van der Waals surface area contributed by atoms with E-state index in [-0.39, 0.29) is 70.6 Å². The Kier molecular flexibility index (Phi) is 14.0. The second-order valence-corrected chi connectivity index (χ2v) is 9.76. The van der Waals surface area contributed by atoms with Crippen LogP contribution in [0.15, 0.2) is 8.68 Å². The van der Waals surface area contributed by atoms with Crippen LogP contribution in [0.3, 0.4) is 0 Å². The van der Waals surface area contributed by atoms with Gasteiger partial charge in [0.1, 0.15) is 0 Å². The van der Waals surface area contributed by atoms with Gasteiger partial charge in [0.2, 0.25) is 0 Å². The maximum atomic E-state index is 10.4. The molecule has 0 bridgehead atoms. The van der Waals surface area contributed by atoms with Crippen molar-refractivity contribution in [1.82, 2.24) is 10.2 Å². The predicted molar refractivity (Wildman–Crippen MR) is 70.5 cm³/mol. The monoisotopic (exact) mass is 410 g/mol. The summed E-state index contributed by atoms with van der Waals surface area (Å²) in [6, 6.07) is 0. The second kappa shape index (κ2) is 11.6.